The Morgan fingerprint density at radius 1 is 1.62 bits per heavy atom. The topological polar surface area (TPSA) is 78.2 Å². The Hall–Kier alpha value is -1.97. The summed E-state index contributed by atoms with van der Waals surface area (Å²) in [6, 6.07) is 5.55. The minimum Gasteiger partial charge on any atom is -0.383 e. The van der Waals surface area contributed by atoms with E-state index in [4.69, 9.17) is 10.00 Å². The van der Waals surface area contributed by atoms with Crippen LogP contribution in [0.25, 0.3) is 0 Å². The number of nitriles is 1. The van der Waals surface area contributed by atoms with E-state index in [-0.39, 0.29) is 5.91 Å². The van der Waals surface area contributed by atoms with Gasteiger partial charge in [0.1, 0.15) is 11.8 Å². The molecule has 1 N–H and O–H groups in total. The van der Waals surface area contributed by atoms with Gasteiger partial charge < -0.3 is 15.0 Å². The molecule has 0 saturated carbocycles. The average molecular weight is 288 g/mol. The summed E-state index contributed by atoms with van der Waals surface area (Å²) >= 11 is 0. The maximum atomic E-state index is 12.5. The Morgan fingerprint density at radius 2 is 2.48 bits per heavy atom. The van der Waals surface area contributed by atoms with Crippen LogP contribution in [0.15, 0.2) is 18.3 Å². The van der Waals surface area contributed by atoms with E-state index in [1.807, 2.05) is 6.07 Å². The van der Waals surface area contributed by atoms with Crippen molar-refractivity contribution in [1.82, 2.24) is 15.2 Å². The van der Waals surface area contributed by atoms with Crippen molar-refractivity contribution in [2.75, 3.05) is 33.4 Å². The van der Waals surface area contributed by atoms with E-state index >= 15 is 0 Å². The van der Waals surface area contributed by atoms with Crippen LogP contribution in [-0.2, 0) is 4.74 Å². The Balaban J connectivity index is 2.06. The lowest BCUT2D eigenvalue weighted by Gasteiger charge is -2.25. The minimum atomic E-state index is -0.120. The van der Waals surface area contributed by atoms with Gasteiger partial charge in [-0.2, -0.15) is 5.26 Å². The second kappa shape index (κ2) is 7.72. The standard InChI is InChI=1S/C15H20N4O2/c1-21-8-7-19(11-13-3-2-6-17-13)15(20)14-5-4-12(9-16)10-18-14/h4-5,10,13,17H,2-3,6-8,11H2,1H3. The molecular weight excluding hydrogens is 268 g/mol. The van der Waals surface area contributed by atoms with Crippen molar-refractivity contribution in [3.05, 3.63) is 29.6 Å². The number of nitrogens with one attached hydrogen (secondary N) is 1. The molecule has 1 amide bonds. The Bertz CT molecular complexity index is 503. The fourth-order valence-corrected chi connectivity index (χ4v) is 2.40. The number of ether oxygens (including phenoxy) is 1. The first kappa shape index (κ1) is 15.4. The van der Waals surface area contributed by atoms with Gasteiger partial charge in [-0.3, -0.25) is 4.79 Å². The Kier molecular flexibility index (Phi) is 5.67. The molecule has 0 bridgehead atoms. The number of hydrogen-bond acceptors (Lipinski definition) is 5. The van der Waals surface area contributed by atoms with Gasteiger partial charge in [-0.25, -0.2) is 4.98 Å². The predicted molar refractivity (Wildman–Crippen MR) is 77.8 cm³/mol. The molecule has 1 aliphatic heterocycles. The highest BCUT2D eigenvalue weighted by Crippen LogP contribution is 2.10. The highest BCUT2D eigenvalue weighted by atomic mass is 16.5. The molecule has 1 aliphatic rings. The van der Waals surface area contributed by atoms with Gasteiger partial charge in [0.25, 0.3) is 5.91 Å². The van der Waals surface area contributed by atoms with E-state index in [2.05, 4.69) is 10.3 Å². The molecule has 1 aromatic heterocycles. The van der Waals surface area contributed by atoms with Crippen LogP contribution >= 0.6 is 0 Å². The summed E-state index contributed by atoms with van der Waals surface area (Å²) in [6.45, 7) is 2.69. The third-order valence-corrected chi connectivity index (χ3v) is 3.57. The summed E-state index contributed by atoms with van der Waals surface area (Å²) in [5.41, 5.74) is 0.815. The van der Waals surface area contributed by atoms with Crippen LogP contribution in [0, 0.1) is 11.3 Å². The predicted octanol–water partition coefficient (Wildman–Crippen LogP) is 0.794. The molecular formula is C15H20N4O2. The van der Waals surface area contributed by atoms with E-state index < -0.39 is 0 Å². The van der Waals surface area contributed by atoms with Gasteiger partial charge in [0.2, 0.25) is 0 Å². The SMILES string of the molecule is COCCN(CC1CCCN1)C(=O)c1ccc(C#N)cn1. The van der Waals surface area contributed by atoms with E-state index in [1.165, 1.54) is 6.20 Å². The zero-order valence-corrected chi connectivity index (χ0v) is 12.2. The van der Waals surface area contributed by atoms with Crippen molar-refractivity contribution in [2.24, 2.45) is 0 Å². The molecule has 6 nitrogen and oxygen atoms in total. The van der Waals surface area contributed by atoms with Crippen molar-refractivity contribution in [1.29, 1.82) is 5.26 Å². The third-order valence-electron chi connectivity index (χ3n) is 3.57. The van der Waals surface area contributed by atoms with Crippen LogP contribution < -0.4 is 5.32 Å². The molecule has 0 spiro atoms. The minimum absolute atomic E-state index is 0.120. The molecule has 1 unspecified atom stereocenters. The van der Waals surface area contributed by atoms with Crippen LogP contribution in [0.2, 0.25) is 0 Å². The molecule has 112 valence electrons. The van der Waals surface area contributed by atoms with Crippen LogP contribution in [-0.4, -0.2) is 55.2 Å². The second-order valence-electron chi connectivity index (χ2n) is 5.08. The van der Waals surface area contributed by atoms with Crippen molar-refractivity contribution in [3.8, 4) is 6.07 Å². The molecule has 1 fully saturated rings. The molecule has 1 atom stereocenters. The highest BCUT2D eigenvalue weighted by Gasteiger charge is 2.22. The van der Waals surface area contributed by atoms with Gasteiger partial charge in [0.15, 0.2) is 0 Å². The zero-order valence-electron chi connectivity index (χ0n) is 12.2. The van der Waals surface area contributed by atoms with Crippen molar-refractivity contribution in [2.45, 2.75) is 18.9 Å². The molecule has 0 aromatic carbocycles. The highest BCUT2D eigenvalue weighted by molar-refractivity contribution is 5.92. The van der Waals surface area contributed by atoms with Gasteiger partial charge in [0.05, 0.1) is 12.2 Å². The van der Waals surface area contributed by atoms with Crippen molar-refractivity contribution < 1.29 is 9.53 Å². The number of aromatic nitrogens is 1. The number of rotatable bonds is 6. The van der Waals surface area contributed by atoms with Crippen LogP contribution in [0.5, 0.6) is 0 Å². The number of carbonyl (C=O) groups excluding carboxylic acids is 1. The normalized spacial score (nSPS) is 17.4. The number of carbonyl (C=O) groups is 1. The summed E-state index contributed by atoms with van der Waals surface area (Å²) < 4.78 is 5.08. The fourth-order valence-electron chi connectivity index (χ4n) is 2.40. The number of nitrogens with zero attached hydrogens (tertiary/aromatic N) is 3. The Labute approximate surface area is 124 Å². The first-order valence-corrected chi connectivity index (χ1v) is 7.12. The maximum Gasteiger partial charge on any atom is 0.272 e. The van der Waals surface area contributed by atoms with E-state index in [0.29, 0.717) is 37.0 Å². The molecule has 0 radical (unpaired) electrons. The van der Waals surface area contributed by atoms with E-state index in [1.54, 1.807) is 24.1 Å². The van der Waals surface area contributed by atoms with Gasteiger partial charge in [-0.05, 0) is 31.5 Å². The smallest absolute Gasteiger partial charge is 0.272 e. The zero-order chi connectivity index (χ0) is 15.1. The van der Waals surface area contributed by atoms with Gasteiger partial charge in [-0.1, -0.05) is 0 Å². The molecule has 0 aliphatic carbocycles. The molecule has 2 rings (SSSR count). The summed E-state index contributed by atoms with van der Waals surface area (Å²) in [5.74, 6) is -0.120. The lowest BCUT2D eigenvalue weighted by molar-refractivity contribution is 0.0673. The van der Waals surface area contributed by atoms with Crippen LogP contribution in [0.1, 0.15) is 28.9 Å². The molecule has 6 heteroatoms. The van der Waals surface area contributed by atoms with E-state index in [0.717, 1.165) is 19.4 Å². The van der Waals surface area contributed by atoms with Crippen LogP contribution in [0.4, 0.5) is 0 Å². The second-order valence-corrected chi connectivity index (χ2v) is 5.08. The monoisotopic (exact) mass is 288 g/mol. The van der Waals surface area contributed by atoms with Crippen molar-refractivity contribution in [3.63, 3.8) is 0 Å². The third kappa shape index (κ3) is 4.25. The molecule has 2 heterocycles. The number of methoxy groups -OCH3 is 1. The summed E-state index contributed by atoms with van der Waals surface area (Å²) in [4.78, 5) is 18.4. The maximum absolute atomic E-state index is 12.5. The van der Waals surface area contributed by atoms with Gasteiger partial charge >= 0.3 is 0 Å². The summed E-state index contributed by atoms with van der Waals surface area (Å²) in [6.07, 6.45) is 3.65. The quantitative estimate of drug-likeness (QED) is 0.837. The lowest BCUT2D eigenvalue weighted by Crippen LogP contribution is -2.42. The first-order valence-electron chi connectivity index (χ1n) is 7.12. The molecule has 1 saturated heterocycles. The summed E-state index contributed by atoms with van der Waals surface area (Å²) in [5, 5.41) is 12.2. The number of pyridine rings is 1. The first-order chi connectivity index (χ1) is 10.2. The molecule has 21 heavy (non-hydrogen) atoms. The average Bonchev–Trinajstić information content (AvgIpc) is 3.04. The number of hydrogen-bond donors (Lipinski definition) is 1. The fraction of sp³-hybridized carbons (Fsp3) is 0.533. The summed E-state index contributed by atoms with van der Waals surface area (Å²) in [7, 11) is 1.62. The number of amides is 1. The van der Waals surface area contributed by atoms with Crippen LogP contribution in [0.3, 0.4) is 0 Å². The Morgan fingerprint density at radius 3 is 3.05 bits per heavy atom. The van der Waals surface area contributed by atoms with Gasteiger partial charge in [-0.15, -0.1) is 0 Å². The molecule has 1 aromatic rings. The largest absolute Gasteiger partial charge is 0.383 e. The van der Waals surface area contributed by atoms with Crippen molar-refractivity contribution >= 4 is 5.91 Å². The van der Waals surface area contributed by atoms with Gasteiger partial charge in [0, 0.05) is 32.4 Å². The van der Waals surface area contributed by atoms with E-state index in [9.17, 15) is 4.79 Å². The lowest BCUT2D eigenvalue weighted by atomic mass is 10.2.